The molecule has 0 aliphatic heterocycles. The maximum absolute atomic E-state index is 12.5. The molecule has 6 nitrogen and oxygen atoms in total. The van der Waals surface area contributed by atoms with E-state index in [2.05, 4.69) is 20.0 Å². The van der Waals surface area contributed by atoms with Gasteiger partial charge in [-0.1, -0.05) is 5.16 Å². The van der Waals surface area contributed by atoms with Crippen molar-refractivity contribution in [3.8, 4) is 10.7 Å². The number of aromatic nitrogens is 2. The summed E-state index contributed by atoms with van der Waals surface area (Å²) in [4.78, 5) is 16.3. The van der Waals surface area contributed by atoms with Crippen LogP contribution in [0.25, 0.3) is 10.7 Å². The predicted octanol–water partition coefficient (Wildman–Crippen LogP) is 2.78. The molecule has 10 heteroatoms. The Labute approximate surface area is 132 Å². The Kier molecular flexibility index (Phi) is 4.11. The van der Waals surface area contributed by atoms with Gasteiger partial charge in [-0.25, -0.2) is 0 Å². The van der Waals surface area contributed by atoms with Gasteiger partial charge in [0.05, 0.1) is 4.88 Å². The van der Waals surface area contributed by atoms with Crippen molar-refractivity contribution in [3.63, 3.8) is 0 Å². The molecule has 1 aliphatic carbocycles. The molecule has 0 spiro atoms. The van der Waals surface area contributed by atoms with Crippen LogP contribution in [0.1, 0.15) is 29.7 Å². The molecule has 1 fully saturated rings. The van der Waals surface area contributed by atoms with E-state index < -0.39 is 18.2 Å². The highest BCUT2D eigenvalue weighted by atomic mass is 32.1. The normalized spacial score (nSPS) is 16.3. The van der Waals surface area contributed by atoms with Gasteiger partial charge in [0.15, 0.2) is 6.10 Å². The number of carbonyl (C=O) groups is 1. The molecule has 2 aromatic rings. The number of nitrogens with one attached hydrogen (secondary N) is 1. The van der Waals surface area contributed by atoms with E-state index in [9.17, 15) is 18.0 Å². The van der Waals surface area contributed by atoms with E-state index in [0.29, 0.717) is 9.75 Å². The maximum Gasteiger partial charge on any atom is 0.471 e. The van der Waals surface area contributed by atoms with E-state index in [1.54, 1.807) is 6.07 Å². The van der Waals surface area contributed by atoms with E-state index in [1.807, 2.05) is 0 Å². The third kappa shape index (κ3) is 3.53. The van der Waals surface area contributed by atoms with Gasteiger partial charge in [0.2, 0.25) is 5.82 Å². The summed E-state index contributed by atoms with van der Waals surface area (Å²) >= 11 is 1.08. The Hall–Kier alpha value is -1.94. The van der Waals surface area contributed by atoms with Crippen LogP contribution in [0.2, 0.25) is 0 Å². The molecular formula is C13H12F3N3O3S. The fraction of sp³-hybridized carbons (Fsp3) is 0.462. The van der Waals surface area contributed by atoms with E-state index in [4.69, 9.17) is 4.74 Å². The Bertz CT molecular complexity index is 709. The second-order valence-corrected chi connectivity index (χ2v) is 6.14. The van der Waals surface area contributed by atoms with Crippen molar-refractivity contribution in [2.75, 3.05) is 7.11 Å². The zero-order valence-corrected chi connectivity index (χ0v) is 12.7. The minimum absolute atomic E-state index is 0.175. The maximum atomic E-state index is 12.5. The lowest BCUT2D eigenvalue weighted by molar-refractivity contribution is -0.159. The molecule has 1 aliphatic rings. The Morgan fingerprint density at radius 3 is 2.78 bits per heavy atom. The van der Waals surface area contributed by atoms with Crippen molar-refractivity contribution >= 4 is 17.2 Å². The molecule has 2 heterocycles. The minimum atomic E-state index is -4.69. The van der Waals surface area contributed by atoms with Gasteiger partial charge in [0.1, 0.15) is 0 Å². The fourth-order valence-electron chi connectivity index (χ4n) is 1.91. The number of amides is 1. The number of thiophene rings is 1. The summed E-state index contributed by atoms with van der Waals surface area (Å²) in [5, 5.41) is 6.14. The van der Waals surface area contributed by atoms with Gasteiger partial charge in [-0.05, 0) is 25.0 Å². The minimum Gasteiger partial charge on any atom is -0.366 e. The highest BCUT2D eigenvalue weighted by molar-refractivity contribution is 7.15. The SMILES string of the molecule is CO[C@@H](C(=O)NC1CC1)c1ccc(-c2noc(C(F)(F)F)n2)s1. The van der Waals surface area contributed by atoms with Crippen molar-refractivity contribution < 1.29 is 27.2 Å². The molecule has 1 amide bonds. The number of methoxy groups -OCH3 is 1. The zero-order chi connectivity index (χ0) is 16.6. The Morgan fingerprint density at radius 1 is 1.48 bits per heavy atom. The molecule has 0 radical (unpaired) electrons. The third-order valence-corrected chi connectivity index (χ3v) is 4.30. The first kappa shape index (κ1) is 15.9. The lowest BCUT2D eigenvalue weighted by atomic mass is 10.2. The molecule has 1 saturated carbocycles. The molecule has 23 heavy (non-hydrogen) atoms. The summed E-state index contributed by atoms with van der Waals surface area (Å²) in [6.45, 7) is 0. The highest BCUT2D eigenvalue weighted by Gasteiger charge is 2.38. The largest absolute Gasteiger partial charge is 0.471 e. The monoisotopic (exact) mass is 347 g/mol. The molecule has 0 bridgehead atoms. The number of nitrogens with zero attached hydrogens (tertiary/aromatic N) is 2. The predicted molar refractivity (Wildman–Crippen MR) is 73.5 cm³/mol. The van der Waals surface area contributed by atoms with Gasteiger partial charge in [-0.2, -0.15) is 18.2 Å². The first-order valence-electron chi connectivity index (χ1n) is 6.72. The van der Waals surface area contributed by atoms with Crippen molar-refractivity contribution in [2.24, 2.45) is 0 Å². The Balaban J connectivity index is 1.78. The highest BCUT2D eigenvalue weighted by Crippen LogP contribution is 2.34. The van der Waals surface area contributed by atoms with Crippen LogP contribution >= 0.6 is 11.3 Å². The van der Waals surface area contributed by atoms with Gasteiger partial charge < -0.3 is 14.6 Å². The first-order chi connectivity index (χ1) is 10.9. The van der Waals surface area contributed by atoms with Crippen LogP contribution in [-0.4, -0.2) is 29.2 Å². The van der Waals surface area contributed by atoms with E-state index >= 15 is 0 Å². The average molecular weight is 347 g/mol. The van der Waals surface area contributed by atoms with E-state index in [-0.39, 0.29) is 17.8 Å². The van der Waals surface area contributed by atoms with Crippen LogP contribution in [0.5, 0.6) is 0 Å². The second kappa shape index (κ2) is 5.93. The van der Waals surface area contributed by atoms with Crippen LogP contribution in [0.15, 0.2) is 16.7 Å². The summed E-state index contributed by atoms with van der Waals surface area (Å²) in [6, 6.07) is 3.32. The van der Waals surface area contributed by atoms with E-state index in [0.717, 1.165) is 24.2 Å². The van der Waals surface area contributed by atoms with Crippen molar-refractivity contribution in [3.05, 3.63) is 22.9 Å². The number of halogens is 3. The number of ether oxygens (including phenoxy) is 1. The van der Waals surface area contributed by atoms with Gasteiger partial charge in [-0.3, -0.25) is 4.79 Å². The summed E-state index contributed by atoms with van der Waals surface area (Å²) < 4.78 is 46.8. The number of hydrogen-bond donors (Lipinski definition) is 1. The number of alkyl halides is 3. The smallest absolute Gasteiger partial charge is 0.366 e. The summed E-state index contributed by atoms with van der Waals surface area (Å²) in [7, 11) is 1.40. The summed E-state index contributed by atoms with van der Waals surface area (Å²) in [5.41, 5.74) is 0. The molecule has 0 saturated heterocycles. The molecule has 2 aromatic heterocycles. The number of carbonyl (C=O) groups excluding carboxylic acids is 1. The van der Waals surface area contributed by atoms with Crippen molar-refractivity contribution in [1.82, 2.24) is 15.5 Å². The molecular weight excluding hydrogens is 335 g/mol. The summed E-state index contributed by atoms with van der Waals surface area (Å²) in [6.07, 6.45) is -3.62. The van der Waals surface area contributed by atoms with Crippen LogP contribution in [0.4, 0.5) is 13.2 Å². The number of hydrogen-bond acceptors (Lipinski definition) is 6. The average Bonchev–Trinajstić information content (AvgIpc) is 2.98. The molecule has 124 valence electrons. The van der Waals surface area contributed by atoms with Crippen LogP contribution < -0.4 is 5.32 Å². The third-order valence-electron chi connectivity index (χ3n) is 3.17. The number of rotatable bonds is 5. The molecule has 1 N–H and O–H groups in total. The van der Waals surface area contributed by atoms with Crippen LogP contribution in [0.3, 0.4) is 0 Å². The molecule has 1 atom stereocenters. The van der Waals surface area contributed by atoms with Crippen molar-refractivity contribution in [1.29, 1.82) is 0 Å². The molecule has 0 unspecified atom stereocenters. The fourth-order valence-corrected chi connectivity index (χ4v) is 2.92. The van der Waals surface area contributed by atoms with Crippen LogP contribution in [-0.2, 0) is 15.7 Å². The summed E-state index contributed by atoms with van der Waals surface area (Å²) in [5.74, 6) is -1.85. The molecule has 0 aromatic carbocycles. The lowest BCUT2D eigenvalue weighted by Crippen LogP contribution is -2.31. The van der Waals surface area contributed by atoms with Crippen molar-refractivity contribution in [2.45, 2.75) is 31.2 Å². The Morgan fingerprint density at radius 2 is 2.22 bits per heavy atom. The van der Waals surface area contributed by atoms with Gasteiger partial charge >= 0.3 is 12.1 Å². The topological polar surface area (TPSA) is 77.2 Å². The standard InChI is InChI=1S/C13H12F3N3O3S/c1-21-9(11(20)17-6-2-3-6)7-4-5-8(23-7)10-18-12(22-19-10)13(14,15)16/h4-6,9H,2-3H2,1H3,(H,17,20)/t9-/m1/s1. The molecule has 3 rings (SSSR count). The van der Waals surface area contributed by atoms with Gasteiger partial charge in [-0.15, -0.1) is 11.3 Å². The van der Waals surface area contributed by atoms with E-state index in [1.165, 1.54) is 13.2 Å². The zero-order valence-electron chi connectivity index (χ0n) is 11.9. The second-order valence-electron chi connectivity index (χ2n) is 5.02. The van der Waals surface area contributed by atoms with Gasteiger partial charge in [0.25, 0.3) is 5.91 Å². The van der Waals surface area contributed by atoms with Gasteiger partial charge in [0, 0.05) is 18.0 Å². The first-order valence-corrected chi connectivity index (χ1v) is 7.54. The quantitative estimate of drug-likeness (QED) is 0.900. The van der Waals surface area contributed by atoms with Crippen LogP contribution in [0, 0.1) is 0 Å². The lowest BCUT2D eigenvalue weighted by Gasteiger charge is -2.13.